The van der Waals surface area contributed by atoms with E-state index in [2.05, 4.69) is 5.10 Å². The molecular formula is C13H17ClN4O2S. The van der Waals surface area contributed by atoms with Gasteiger partial charge in [0.15, 0.2) is 0 Å². The number of hydrogen-bond acceptors (Lipinski definition) is 4. The number of halogens is 1. The highest BCUT2D eigenvalue weighted by Gasteiger charge is 2.24. The number of anilines is 1. The number of aryl methyl sites for hydroxylation is 2. The lowest BCUT2D eigenvalue weighted by atomic mass is 10.2. The number of benzene rings is 1. The summed E-state index contributed by atoms with van der Waals surface area (Å²) in [5, 5.41) is 4.37. The number of nitrogen functional groups attached to an aromatic ring is 1. The number of nitrogens with two attached hydrogens (primary N) is 1. The summed E-state index contributed by atoms with van der Waals surface area (Å²) in [7, 11) is -0.340. The highest BCUT2D eigenvalue weighted by molar-refractivity contribution is 7.89. The molecule has 0 saturated heterocycles. The number of sulfonamides is 1. The summed E-state index contributed by atoms with van der Waals surface area (Å²) < 4.78 is 28.1. The maximum atomic E-state index is 12.6. The van der Waals surface area contributed by atoms with Gasteiger partial charge in [-0.3, -0.25) is 4.68 Å². The van der Waals surface area contributed by atoms with Crippen LogP contribution in [0.5, 0.6) is 0 Å². The fourth-order valence-corrected chi connectivity index (χ4v) is 3.62. The van der Waals surface area contributed by atoms with E-state index in [0.717, 1.165) is 5.56 Å². The largest absolute Gasteiger partial charge is 0.397 e. The summed E-state index contributed by atoms with van der Waals surface area (Å²) in [4.78, 5) is 0.163. The maximum Gasteiger partial charge on any atom is 0.243 e. The Labute approximate surface area is 129 Å². The lowest BCUT2D eigenvalue weighted by Crippen LogP contribution is -2.27. The van der Waals surface area contributed by atoms with Gasteiger partial charge in [-0.05, 0) is 24.6 Å². The predicted octanol–water partition coefficient (Wildman–Crippen LogP) is 1.78. The molecule has 2 rings (SSSR count). The number of hydrogen-bond donors (Lipinski definition) is 1. The minimum absolute atomic E-state index is 0.163. The molecule has 2 N–H and O–H groups in total. The van der Waals surface area contributed by atoms with Gasteiger partial charge in [0.25, 0.3) is 0 Å². The van der Waals surface area contributed by atoms with E-state index in [1.165, 1.54) is 17.4 Å². The van der Waals surface area contributed by atoms with Crippen molar-refractivity contribution in [2.75, 3.05) is 12.8 Å². The van der Waals surface area contributed by atoms with Gasteiger partial charge in [-0.1, -0.05) is 11.6 Å². The standard InChI is InChI=1S/C13H17ClN4O2S/c1-9-4-11(14)12(15)5-13(9)21(19,20)18(3)8-10-6-16-17(2)7-10/h4-7H,8,15H2,1-3H3. The van der Waals surface area contributed by atoms with E-state index in [9.17, 15) is 8.42 Å². The van der Waals surface area contributed by atoms with Gasteiger partial charge < -0.3 is 5.73 Å². The third-order valence-corrected chi connectivity index (χ3v) is 5.42. The zero-order valence-electron chi connectivity index (χ0n) is 12.0. The Morgan fingerprint density at radius 2 is 2.10 bits per heavy atom. The zero-order chi connectivity index (χ0) is 15.8. The first-order chi connectivity index (χ1) is 9.71. The van der Waals surface area contributed by atoms with Gasteiger partial charge in [0, 0.05) is 32.4 Å². The summed E-state index contributed by atoms with van der Waals surface area (Å²) >= 11 is 5.90. The number of aromatic nitrogens is 2. The molecule has 0 spiro atoms. The molecule has 0 saturated carbocycles. The van der Waals surface area contributed by atoms with E-state index in [1.807, 2.05) is 0 Å². The molecule has 114 valence electrons. The second kappa shape index (κ2) is 5.67. The molecule has 2 aromatic rings. The fraction of sp³-hybridized carbons (Fsp3) is 0.308. The minimum atomic E-state index is -3.64. The first-order valence-corrected chi connectivity index (χ1v) is 8.03. The molecule has 1 heterocycles. The monoisotopic (exact) mass is 328 g/mol. The topological polar surface area (TPSA) is 81.2 Å². The molecule has 0 aliphatic heterocycles. The molecule has 0 aliphatic rings. The Morgan fingerprint density at radius 1 is 1.43 bits per heavy atom. The van der Waals surface area contributed by atoms with Gasteiger partial charge in [-0.2, -0.15) is 9.40 Å². The Kier molecular flexibility index (Phi) is 4.27. The van der Waals surface area contributed by atoms with Crippen molar-refractivity contribution in [2.24, 2.45) is 7.05 Å². The molecular weight excluding hydrogens is 312 g/mol. The van der Waals surface area contributed by atoms with Crippen LogP contribution in [-0.2, 0) is 23.6 Å². The fourth-order valence-electron chi connectivity index (χ4n) is 2.01. The van der Waals surface area contributed by atoms with Crippen LogP contribution in [0, 0.1) is 6.92 Å². The van der Waals surface area contributed by atoms with Crippen molar-refractivity contribution in [1.29, 1.82) is 0 Å². The van der Waals surface area contributed by atoms with Crippen LogP contribution < -0.4 is 5.73 Å². The molecule has 0 unspecified atom stereocenters. The summed E-state index contributed by atoms with van der Waals surface area (Å²) in [6.07, 6.45) is 3.41. The SMILES string of the molecule is Cc1cc(Cl)c(N)cc1S(=O)(=O)N(C)Cc1cnn(C)c1. The highest BCUT2D eigenvalue weighted by Crippen LogP contribution is 2.28. The molecule has 0 fully saturated rings. The van der Waals surface area contributed by atoms with Crippen molar-refractivity contribution in [2.45, 2.75) is 18.4 Å². The molecule has 1 aromatic heterocycles. The molecule has 0 amide bonds. The first kappa shape index (κ1) is 15.8. The second-order valence-electron chi connectivity index (χ2n) is 4.92. The van der Waals surface area contributed by atoms with Crippen molar-refractivity contribution >= 4 is 27.3 Å². The first-order valence-electron chi connectivity index (χ1n) is 6.21. The van der Waals surface area contributed by atoms with Crippen molar-refractivity contribution < 1.29 is 8.42 Å². The lowest BCUT2D eigenvalue weighted by Gasteiger charge is -2.18. The number of nitrogens with zero attached hydrogens (tertiary/aromatic N) is 3. The van der Waals surface area contributed by atoms with E-state index >= 15 is 0 Å². The molecule has 0 radical (unpaired) electrons. The van der Waals surface area contributed by atoms with Crippen molar-refractivity contribution in [3.05, 3.63) is 40.7 Å². The third-order valence-electron chi connectivity index (χ3n) is 3.15. The quantitative estimate of drug-likeness (QED) is 0.867. The van der Waals surface area contributed by atoms with Gasteiger partial charge >= 0.3 is 0 Å². The normalized spacial score (nSPS) is 12.0. The second-order valence-corrected chi connectivity index (χ2v) is 7.34. The van der Waals surface area contributed by atoms with E-state index in [1.54, 1.807) is 37.1 Å². The van der Waals surface area contributed by atoms with Crippen LogP contribution in [0.1, 0.15) is 11.1 Å². The average molecular weight is 329 g/mol. The van der Waals surface area contributed by atoms with Crippen LogP contribution >= 0.6 is 11.6 Å². The van der Waals surface area contributed by atoms with Crippen LogP contribution in [-0.4, -0.2) is 29.6 Å². The van der Waals surface area contributed by atoms with E-state index < -0.39 is 10.0 Å². The van der Waals surface area contributed by atoms with Crippen LogP contribution in [0.15, 0.2) is 29.4 Å². The average Bonchev–Trinajstić information content (AvgIpc) is 2.79. The van der Waals surface area contributed by atoms with Gasteiger partial charge in [-0.25, -0.2) is 8.42 Å². The lowest BCUT2D eigenvalue weighted by molar-refractivity contribution is 0.466. The van der Waals surface area contributed by atoms with Gasteiger partial charge in [0.1, 0.15) is 0 Å². The molecule has 21 heavy (non-hydrogen) atoms. The van der Waals surface area contributed by atoms with Crippen LogP contribution in [0.4, 0.5) is 5.69 Å². The van der Waals surface area contributed by atoms with E-state index in [-0.39, 0.29) is 17.1 Å². The smallest absolute Gasteiger partial charge is 0.243 e. The van der Waals surface area contributed by atoms with Gasteiger partial charge in [0.05, 0.1) is 21.8 Å². The van der Waals surface area contributed by atoms with Crippen molar-refractivity contribution in [3.63, 3.8) is 0 Å². The molecule has 0 aliphatic carbocycles. The molecule has 6 nitrogen and oxygen atoms in total. The van der Waals surface area contributed by atoms with Crippen molar-refractivity contribution in [3.8, 4) is 0 Å². The summed E-state index contributed by atoms with van der Waals surface area (Å²) in [6.45, 7) is 1.92. The summed E-state index contributed by atoms with van der Waals surface area (Å²) in [6, 6.07) is 2.95. The molecule has 0 bridgehead atoms. The summed E-state index contributed by atoms with van der Waals surface area (Å²) in [5.74, 6) is 0. The van der Waals surface area contributed by atoms with Gasteiger partial charge in [0.2, 0.25) is 10.0 Å². The van der Waals surface area contributed by atoms with E-state index in [4.69, 9.17) is 17.3 Å². The molecule has 1 aromatic carbocycles. The number of rotatable bonds is 4. The minimum Gasteiger partial charge on any atom is -0.397 e. The molecule has 0 atom stereocenters. The predicted molar refractivity (Wildman–Crippen MR) is 82.5 cm³/mol. The van der Waals surface area contributed by atoms with Crippen LogP contribution in [0.3, 0.4) is 0 Å². The van der Waals surface area contributed by atoms with Crippen LogP contribution in [0.2, 0.25) is 5.02 Å². The Balaban J connectivity index is 2.35. The highest BCUT2D eigenvalue weighted by atomic mass is 35.5. The maximum absolute atomic E-state index is 12.6. The Hall–Kier alpha value is -1.57. The van der Waals surface area contributed by atoms with E-state index in [0.29, 0.717) is 10.6 Å². The zero-order valence-corrected chi connectivity index (χ0v) is 13.6. The Morgan fingerprint density at radius 3 is 2.67 bits per heavy atom. The van der Waals surface area contributed by atoms with Crippen LogP contribution in [0.25, 0.3) is 0 Å². The summed E-state index contributed by atoms with van der Waals surface area (Å²) in [5.41, 5.74) is 7.33. The van der Waals surface area contributed by atoms with Crippen molar-refractivity contribution in [1.82, 2.24) is 14.1 Å². The Bertz CT molecular complexity index is 770. The molecule has 8 heteroatoms. The van der Waals surface area contributed by atoms with Gasteiger partial charge in [-0.15, -0.1) is 0 Å². The third kappa shape index (κ3) is 3.20.